The monoisotopic (exact) mass is 152 g/mol. The molecule has 0 aromatic heterocycles. The molecule has 0 amide bonds. The minimum atomic E-state index is -2.03. The van der Waals surface area contributed by atoms with Gasteiger partial charge in [0.2, 0.25) is 0 Å². The summed E-state index contributed by atoms with van der Waals surface area (Å²) in [6.45, 7) is 0. The normalized spacial score (nSPS) is 12.4. The number of hydrogen-bond acceptors (Lipinski definition) is 3. The lowest BCUT2D eigenvalue weighted by Gasteiger charge is -2.19. The molecule has 50 valence electrons. The molecule has 0 fully saturated rings. The Labute approximate surface area is 53.5 Å². The van der Waals surface area contributed by atoms with Crippen molar-refractivity contribution in [1.29, 1.82) is 0 Å². The van der Waals surface area contributed by atoms with Crippen LogP contribution < -0.4 is 0 Å². The van der Waals surface area contributed by atoms with E-state index in [0.717, 1.165) is 9.76 Å². The summed E-state index contributed by atoms with van der Waals surface area (Å²) < 4.78 is 15.0. The van der Waals surface area contributed by atoms with Crippen LogP contribution in [0.2, 0.25) is 0 Å². The first-order valence-corrected chi connectivity index (χ1v) is 7.56. The highest BCUT2D eigenvalue weighted by molar-refractivity contribution is 7.05. The second kappa shape index (κ2) is 3.36. The molecule has 0 saturated carbocycles. The van der Waals surface area contributed by atoms with E-state index in [4.69, 9.17) is 13.3 Å². The van der Waals surface area contributed by atoms with Gasteiger partial charge < -0.3 is 13.3 Å². The zero-order valence-corrected chi connectivity index (χ0v) is 8.72. The maximum absolute atomic E-state index is 4.99. The number of rotatable bonds is 3. The van der Waals surface area contributed by atoms with E-state index in [0.29, 0.717) is 0 Å². The predicted molar refractivity (Wildman–Crippen MR) is 36.7 cm³/mol. The summed E-state index contributed by atoms with van der Waals surface area (Å²) >= 11 is 0. The Hall–Kier alpha value is 0.314. The third-order valence-electron chi connectivity index (χ3n) is 1.11. The minimum absolute atomic E-state index is 0.843. The lowest BCUT2D eigenvalue weighted by Crippen LogP contribution is -2.43. The molecule has 0 aromatic rings. The zero-order chi connectivity index (χ0) is 6.62. The van der Waals surface area contributed by atoms with E-state index < -0.39 is 8.32 Å². The Morgan fingerprint density at radius 2 is 1.25 bits per heavy atom. The molecule has 0 aliphatic rings. The summed E-state index contributed by atoms with van der Waals surface area (Å²) in [6.07, 6.45) is 0. The number of hydrogen-bond donors (Lipinski definition) is 0. The maximum Gasteiger partial charge on any atom is 0.457 e. The molecule has 0 N–H and O–H groups in total. The standard InChI is InChI=1S/C3H12O3Si2/c1-4-8(7,5-2)6-3/h1-3,7H3. The fourth-order valence-electron chi connectivity index (χ4n) is 0.250. The van der Waals surface area contributed by atoms with Gasteiger partial charge in [-0.15, -0.1) is 0 Å². The van der Waals surface area contributed by atoms with Crippen LogP contribution in [0.4, 0.5) is 0 Å². The van der Waals surface area contributed by atoms with Crippen LogP contribution in [0, 0.1) is 0 Å². The van der Waals surface area contributed by atoms with Crippen LogP contribution in [0.5, 0.6) is 0 Å². The van der Waals surface area contributed by atoms with Crippen LogP contribution in [0.3, 0.4) is 0 Å². The fraction of sp³-hybridized carbons (Fsp3) is 1.00. The molecule has 0 heterocycles. The summed E-state index contributed by atoms with van der Waals surface area (Å²) in [5.74, 6) is 0. The lowest BCUT2D eigenvalue weighted by molar-refractivity contribution is 0.149. The molecule has 0 radical (unpaired) electrons. The summed E-state index contributed by atoms with van der Waals surface area (Å²) in [6, 6.07) is 0. The average Bonchev–Trinajstić information content (AvgIpc) is 1.87. The smallest absolute Gasteiger partial charge is 0.380 e. The first kappa shape index (κ1) is 8.31. The molecule has 0 aromatic carbocycles. The minimum Gasteiger partial charge on any atom is -0.380 e. The van der Waals surface area contributed by atoms with E-state index in [9.17, 15) is 0 Å². The summed E-state index contributed by atoms with van der Waals surface area (Å²) in [5.41, 5.74) is 0. The van der Waals surface area contributed by atoms with Crippen molar-refractivity contribution in [1.82, 2.24) is 0 Å². The average molecular weight is 152 g/mol. The Balaban J connectivity index is 3.58. The van der Waals surface area contributed by atoms with Crippen LogP contribution in [0.15, 0.2) is 0 Å². The van der Waals surface area contributed by atoms with Gasteiger partial charge in [-0.05, 0) is 0 Å². The Morgan fingerprint density at radius 3 is 1.25 bits per heavy atom. The van der Waals surface area contributed by atoms with E-state index in [1.807, 2.05) is 0 Å². The third-order valence-corrected chi connectivity index (χ3v) is 7.01. The van der Waals surface area contributed by atoms with Crippen LogP contribution >= 0.6 is 0 Å². The van der Waals surface area contributed by atoms with E-state index >= 15 is 0 Å². The van der Waals surface area contributed by atoms with Crippen molar-refractivity contribution < 1.29 is 13.3 Å². The fourth-order valence-corrected chi connectivity index (χ4v) is 0.750. The van der Waals surface area contributed by atoms with Crippen molar-refractivity contribution in [3.63, 3.8) is 0 Å². The molecule has 0 spiro atoms. The first-order valence-electron chi connectivity index (χ1n) is 2.34. The molecular formula is C3H12O3Si2. The molecule has 5 heteroatoms. The van der Waals surface area contributed by atoms with Crippen molar-refractivity contribution in [2.75, 3.05) is 21.3 Å². The van der Waals surface area contributed by atoms with Gasteiger partial charge in [-0.3, -0.25) is 0 Å². The summed E-state index contributed by atoms with van der Waals surface area (Å²) in [5, 5.41) is 0. The van der Waals surface area contributed by atoms with Crippen LogP contribution in [-0.2, 0) is 13.3 Å². The summed E-state index contributed by atoms with van der Waals surface area (Å²) in [7, 11) is 3.66. The van der Waals surface area contributed by atoms with E-state index in [2.05, 4.69) is 0 Å². The third kappa shape index (κ3) is 2.06. The highest BCUT2D eigenvalue weighted by atomic mass is 29.2. The molecule has 8 heavy (non-hydrogen) atoms. The van der Waals surface area contributed by atoms with Crippen molar-refractivity contribution >= 4 is 18.1 Å². The van der Waals surface area contributed by atoms with Crippen molar-refractivity contribution in [3.05, 3.63) is 0 Å². The Morgan fingerprint density at radius 1 is 1.00 bits per heavy atom. The largest absolute Gasteiger partial charge is 0.457 e. The predicted octanol–water partition coefficient (Wildman–Crippen LogP) is -1.27. The second-order valence-electron chi connectivity index (χ2n) is 1.47. The van der Waals surface area contributed by atoms with Crippen molar-refractivity contribution in [3.8, 4) is 0 Å². The van der Waals surface area contributed by atoms with Crippen molar-refractivity contribution in [2.24, 2.45) is 0 Å². The quantitative estimate of drug-likeness (QED) is 0.472. The highest BCUT2D eigenvalue weighted by Gasteiger charge is 2.28. The molecule has 0 saturated heterocycles. The molecule has 0 atom stereocenters. The van der Waals surface area contributed by atoms with Gasteiger partial charge in [-0.1, -0.05) is 0 Å². The van der Waals surface area contributed by atoms with Gasteiger partial charge in [0, 0.05) is 21.3 Å². The topological polar surface area (TPSA) is 27.7 Å². The van der Waals surface area contributed by atoms with Crippen LogP contribution in [0.25, 0.3) is 0 Å². The lowest BCUT2D eigenvalue weighted by atomic mass is 11.8. The molecule has 3 nitrogen and oxygen atoms in total. The zero-order valence-electron chi connectivity index (χ0n) is 5.72. The van der Waals surface area contributed by atoms with Gasteiger partial charge in [0.15, 0.2) is 0 Å². The van der Waals surface area contributed by atoms with Crippen molar-refractivity contribution in [2.45, 2.75) is 0 Å². The Kier molecular flexibility index (Phi) is 3.49. The van der Waals surface area contributed by atoms with Gasteiger partial charge in [0.25, 0.3) is 0 Å². The second-order valence-corrected chi connectivity index (χ2v) is 8.10. The molecular weight excluding hydrogens is 140 g/mol. The maximum atomic E-state index is 4.99. The molecule has 0 aliphatic heterocycles. The molecule has 0 aliphatic carbocycles. The van der Waals surface area contributed by atoms with Gasteiger partial charge in [0.1, 0.15) is 9.76 Å². The van der Waals surface area contributed by atoms with Crippen LogP contribution in [-0.4, -0.2) is 39.4 Å². The van der Waals surface area contributed by atoms with Gasteiger partial charge >= 0.3 is 8.32 Å². The van der Waals surface area contributed by atoms with Crippen LogP contribution in [0.1, 0.15) is 0 Å². The Bertz CT molecular complexity index is 55.3. The van der Waals surface area contributed by atoms with Gasteiger partial charge in [-0.25, -0.2) is 0 Å². The van der Waals surface area contributed by atoms with Gasteiger partial charge in [-0.2, -0.15) is 0 Å². The molecule has 0 bridgehead atoms. The van der Waals surface area contributed by atoms with E-state index in [1.165, 1.54) is 0 Å². The highest BCUT2D eigenvalue weighted by Crippen LogP contribution is 1.96. The molecule has 0 rings (SSSR count). The molecule has 0 unspecified atom stereocenters. The van der Waals surface area contributed by atoms with E-state index in [-0.39, 0.29) is 0 Å². The van der Waals surface area contributed by atoms with Gasteiger partial charge in [0.05, 0.1) is 0 Å². The summed E-state index contributed by atoms with van der Waals surface area (Å²) in [4.78, 5) is 0. The SMILES string of the molecule is CO[Si]([SiH3])(OC)OC. The van der Waals surface area contributed by atoms with E-state index in [1.54, 1.807) is 21.3 Å². The first-order chi connectivity index (χ1) is 3.68.